The van der Waals surface area contributed by atoms with E-state index in [0.29, 0.717) is 17.8 Å². The summed E-state index contributed by atoms with van der Waals surface area (Å²) in [6, 6.07) is 5.20. The Balaban J connectivity index is 2.08. The number of aryl methyl sites for hydroxylation is 1. The molecule has 3 N–H and O–H groups in total. The van der Waals surface area contributed by atoms with E-state index in [1.54, 1.807) is 29.5 Å². The van der Waals surface area contributed by atoms with Crippen molar-refractivity contribution < 1.29 is 4.79 Å². The number of nitrogen functional groups attached to an aromatic ring is 1. The van der Waals surface area contributed by atoms with Gasteiger partial charge in [-0.3, -0.25) is 4.79 Å². The van der Waals surface area contributed by atoms with Crippen LogP contribution in [0.25, 0.3) is 0 Å². The van der Waals surface area contributed by atoms with Crippen LogP contribution >= 0.6 is 27.3 Å². The molecule has 1 aromatic carbocycles. The molecule has 5 heteroatoms. The molecule has 18 heavy (non-hydrogen) atoms. The van der Waals surface area contributed by atoms with Gasteiger partial charge in [-0.1, -0.05) is 0 Å². The molecule has 0 saturated heterocycles. The van der Waals surface area contributed by atoms with E-state index in [1.807, 2.05) is 12.3 Å². The van der Waals surface area contributed by atoms with Crippen molar-refractivity contribution >= 4 is 38.9 Å². The third-order valence-corrected chi connectivity index (χ3v) is 4.24. The molecule has 0 aliphatic rings. The normalized spacial score (nSPS) is 10.3. The molecular weight excluding hydrogens is 312 g/mol. The molecule has 1 heterocycles. The van der Waals surface area contributed by atoms with E-state index < -0.39 is 0 Å². The van der Waals surface area contributed by atoms with Gasteiger partial charge in [0.15, 0.2) is 0 Å². The molecule has 0 saturated carbocycles. The summed E-state index contributed by atoms with van der Waals surface area (Å²) in [6.45, 7) is 2.57. The van der Waals surface area contributed by atoms with Gasteiger partial charge < -0.3 is 11.1 Å². The smallest absolute Gasteiger partial charge is 0.252 e. The fourth-order valence-electron chi connectivity index (χ4n) is 1.56. The maximum atomic E-state index is 12.0. The van der Waals surface area contributed by atoms with Gasteiger partial charge in [-0.2, -0.15) is 11.3 Å². The van der Waals surface area contributed by atoms with Crippen molar-refractivity contribution in [2.45, 2.75) is 13.5 Å². The Hall–Kier alpha value is -1.33. The van der Waals surface area contributed by atoms with Crippen LogP contribution in [-0.4, -0.2) is 5.91 Å². The van der Waals surface area contributed by atoms with Crippen LogP contribution in [0.4, 0.5) is 5.69 Å². The number of anilines is 1. The predicted octanol–water partition coefficient (Wildman–Crippen LogP) is 3.33. The van der Waals surface area contributed by atoms with Crippen LogP contribution in [0.15, 0.2) is 33.4 Å². The number of nitrogens with two attached hydrogens (primary N) is 1. The molecule has 94 valence electrons. The van der Waals surface area contributed by atoms with Gasteiger partial charge >= 0.3 is 0 Å². The summed E-state index contributed by atoms with van der Waals surface area (Å²) in [6.07, 6.45) is 0. The van der Waals surface area contributed by atoms with Crippen LogP contribution in [0.3, 0.4) is 0 Å². The van der Waals surface area contributed by atoms with Gasteiger partial charge in [-0.25, -0.2) is 0 Å². The van der Waals surface area contributed by atoms with E-state index in [1.165, 1.54) is 5.56 Å². The molecule has 0 radical (unpaired) electrons. The SMILES string of the molecule is Cc1cscc1CNC(=O)c1cc(N)ccc1Br. The number of hydrogen-bond donors (Lipinski definition) is 2. The van der Waals surface area contributed by atoms with Crippen molar-refractivity contribution in [2.24, 2.45) is 0 Å². The molecule has 1 amide bonds. The predicted molar refractivity (Wildman–Crippen MR) is 78.8 cm³/mol. The molecule has 0 atom stereocenters. The van der Waals surface area contributed by atoms with Gasteiger partial charge in [0.05, 0.1) is 5.56 Å². The Morgan fingerprint density at radius 3 is 2.89 bits per heavy atom. The monoisotopic (exact) mass is 324 g/mol. The average Bonchev–Trinajstić information content (AvgIpc) is 2.75. The molecule has 0 spiro atoms. The van der Waals surface area contributed by atoms with Gasteiger partial charge in [-0.15, -0.1) is 0 Å². The second-order valence-corrected chi connectivity index (χ2v) is 5.60. The summed E-state index contributed by atoms with van der Waals surface area (Å²) >= 11 is 4.99. The summed E-state index contributed by atoms with van der Waals surface area (Å²) in [4.78, 5) is 12.0. The van der Waals surface area contributed by atoms with Crippen molar-refractivity contribution in [1.82, 2.24) is 5.32 Å². The minimum Gasteiger partial charge on any atom is -0.399 e. The first-order valence-electron chi connectivity index (χ1n) is 5.43. The number of carbonyl (C=O) groups excluding carboxylic acids is 1. The highest BCUT2D eigenvalue weighted by Gasteiger charge is 2.10. The van der Waals surface area contributed by atoms with Crippen LogP contribution in [0.1, 0.15) is 21.5 Å². The number of carbonyl (C=O) groups is 1. The lowest BCUT2D eigenvalue weighted by molar-refractivity contribution is 0.0950. The molecule has 0 fully saturated rings. The second-order valence-electron chi connectivity index (χ2n) is 4.00. The number of thiophene rings is 1. The summed E-state index contributed by atoms with van der Waals surface area (Å²) in [7, 11) is 0. The van der Waals surface area contributed by atoms with Crippen LogP contribution < -0.4 is 11.1 Å². The highest BCUT2D eigenvalue weighted by Crippen LogP contribution is 2.20. The lowest BCUT2D eigenvalue weighted by Gasteiger charge is -2.07. The molecule has 1 aromatic heterocycles. The number of nitrogens with one attached hydrogen (secondary N) is 1. The molecule has 3 nitrogen and oxygen atoms in total. The first kappa shape index (κ1) is 13.1. The number of amides is 1. The fraction of sp³-hybridized carbons (Fsp3) is 0.154. The Labute approximate surface area is 118 Å². The Kier molecular flexibility index (Phi) is 4.04. The summed E-state index contributed by atoms with van der Waals surface area (Å²) in [5.41, 5.74) is 9.17. The standard InChI is InChI=1S/C13H13BrN2OS/c1-8-6-18-7-9(8)5-16-13(17)11-4-10(15)2-3-12(11)14/h2-4,6-7H,5,15H2,1H3,(H,16,17). The van der Waals surface area contributed by atoms with E-state index in [4.69, 9.17) is 5.73 Å². The fourth-order valence-corrected chi connectivity index (χ4v) is 2.84. The summed E-state index contributed by atoms with van der Waals surface area (Å²) < 4.78 is 0.747. The van der Waals surface area contributed by atoms with E-state index in [0.717, 1.165) is 10.0 Å². The Morgan fingerprint density at radius 1 is 1.44 bits per heavy atom. The summed E-state index contributed by atoms with van der Waals surface area (Å²) in [5, 5.41) is 7.01. The molecule has 0 bridgehead atoms. The Bertz CT molecular complexity index is 580. The van der Waals surface area contributed by atoms with Gasteiger partial charge in [-0.05, 0) is 62.9 Å². The van der Waals surface area contributed by atoms with Crippen LogP contribution in [-0.2, 0) is 6.54 Å². The third kappa shape index (κ3) is 2.91. The lowest BCUT2D eigenvalue weighted by Crippen LogP contribution is -2.23. The molecule has 2 rings (SSSR count). The topological polar surface area (TPSA) is 55.1 Å². The van der Waals surface area contributed by atoms with Crippen LogP contribution in [0, 0.1) is 6.92 Å². The van der Waals surface area contributed by atoms with E-state index >= 15 is 0 Å². The molecule has 0 unspecified atom stereocenters. The van der Waals surface area contributed by atoms with Gasteiger partial charge in [0, 0.05) is 16.7 Å². The maximum Gasteiger partial charge on any atom is 0.252 e. The minimum atomic E-state index is -0.125. The van der Waals surface area contributed by atoms with Crippen molar-refractivity contribution in [1.29, 1.82) is 0 Å². The molecule has 2 aromatic rings. The number of halogens is 1. The van der Waals surface area contributed by atoms with Crippen molar-refractivity contribution in [3.8, 4) is 0 Å². The van der Waals surface area contributed by atoms with Crippen molar-refractivity contribution in [3.05, 3.63) is 50.1 Å². The van der Waals surface area contributed by atoms with Crippen LogP contribution in [0.2, 0.25) is 0 Å². The molecular formula is C13H13BrN2OS. The Morgan fingerprint density at radius 2 is 2.22 bits per heavy atom. The first-order chi connectivity index (χ1) is 8.58. The zero-order valence-corrected chi connectivity index (χ0v) is 12.3. The van der Waals surface area contributed by atoms with Gasteiger partial charge in [0.2, 0.25) is 0 Å². The summed E-state index contributed by atoms with van der Waals surface area (Å²) in [5.74, 6) is -0.125. The van der Waals surface area contributed by atoms with Crippen LogP contribution in [0.5, 0.6) is 0 Å². The highest BCUT2D eigenvalue weighted by atomic mass is 79.9. The zero-order chi connectivity index (χ0) is 13.1. The highest BCUT2D eigenvalue weighted by molar-refractivity contribution is 9.10. The zero-order valence-electron chi connectivity index (χ0n) is 9.87. The maximum absolute atomic E-state index is 12.0. The van der Waals surface area contributed by atoms with E-state index in [-0.39, 0.29) is 5.91 Å². The molecule has 0 aliphatic carbocycles. The number of hydrogen-bond acceptors (Lipinski definition) is 3. The third-order valence-electron chi connectivity index (χ3n) is 2.64. The van der Waals surface area contributed by atoms with Crippen molar-refractivity contribution in [3.63, 3.8) is 0 Å². The number of rotatable bonds is 3. The minimum absolute atomic E-state index is 0.125. The average molecular weight is 325 g/mol. The van der Waals surface area contributed by atoms with Gasteiger partial charge in [0.25, 0.3) is 5.91 Å². The van der Waals surface area contributed by atoms with E-state index in [9.17, 15) is 4.79 Å². The first-order valence-corrected chi connectivity index (χ1v) is 7.16. The van der Waals surface area contributed by atoms with E-state index in [2.05, 4.69) is 26.6 Å². The van der Waals surface area contributed by atoms with Crippen molar-refractivity contribution in [2.75, 3.05) is 5.73 Å². The molecule has 0 aliphatic heterocycles. The lowest BCUT2D eigenvalue weighted by atomic mass is 10.1. The quantitative estimate of drug-likeness (QED) is 0.851. The largest absolute Gasteiger partial charge is 0.399 e. The second kappa shape index (κ2) is 5.54. The van der Waals surface area contributed by atoms with Gasteiger partial charge in [0.1, 0.15) is 0 Å². The number of benzene rings is 1.